The van der Waals surface area contributed by atoms with E-state index in [-0.39, 0.29) is 0 Å². The van der Waals surface area contributed by atoms with Crippen molar-refractivity contribution >= 4 is 11.3 Å². The number of nitrogens with zero attached hydrogens (tertiary/aromatic N) is 2. The largest absolute Gasteiger partial charge is 0.310 e. The molecule has 0 aliphatic rings. The van der Waals surface area contributed by atoms with Gasteiger partial charge in [-0.05, 0) is 31.5 Å². The Bertz CT molecular complexity index is 501. The molecule has 2 heterocycles. The maximum Gasteiger partial charge on any atom is 0.0537 e. The lowest BCUT2D eigenvalue weighted by Gasteiger charge is -2.16. The summed E-state index contributed by atoms with van der Waals surface area (Å²) in [6.45, 7) is 5.46. The predicted octanol–water partition coefficient (Wildman–Crippen LogP) is 3.33. The van der Waals surface area contributed by atoms with Crippen LogP contribution in [0.1, 0.15) is 41.6 Å². The number of aryl methyl sites for hydroxylation is 2. The van der Waals surface area contributed by atoms with Gasteiger partial charge in [0.2, 0.25) is 0 Å². The standard InChI is InChI=1S/C15H23N3S/c1-4-8-16-15(12-10-17-18(3)11-12)9-14-7-6-13(5-2)19-14/h6-7,10-11,15-16H,4-5,8-9H2,1-3H3. The first-order valence-electron chi connectivity index (χ1n) is 7.02. The maximum absolute atomic E-state index is 4.29. The molecule has 4 heteroatoms. The molecule has 1 atom stereocenters. The molecular formula is C15H23N3S. The highest BCUT2D eigenvalue weighted by Crippen LogP contribution is 2.24. The van der Waals surface area contributed by atoms with E-state index in [0.717, 1.165) is 25.8 Å². The molecule has 0 aliphatic heterocycles. The van der Waals surface area contributed by atoms with Gasteiger partial charge in [-0.3, -0.25) is 4.68 Å². The molecule has 104 valence electrons. The summed E-state index contributed by atoms with van der Waals surface area (Å²) in [5, 5.41) is 7.92. The summed E-state index contributed by atoms with van der Waals surface area (Å²) in [7, 11) is 1.97. The van der Waals surface area contributed by atoms with Crippen molar-refractivity contribution in [2.24, 2.45) is 7.05 Å². The number of hydrogen-bond acceptors (Lipinski definition) is 3. The van der Waals surface area contributed by atoms with Gasteiger partial charge >= 0.3 is 0 Å². The summed E-state index contributed by atoms with van der Waals surface area (Å²) in [4.78, 5) is 2.92. The van der Waals surface area contributed by atoms with Gasteiger partial charge in [-0.1, -0.05) is 13.8 Å². The van der Waals surface area contributed by atoms with Crippen LogP contribution in [-0.2, 0) is 19.9 Å². The van der Waals surface area contributed by atoms with E-state index in [1.807, 2.05) is 29.3 Å². The van der Waals surface area contributed by atoms with Gasteiger partial charge in [0.15, 0.2) is 0 Å². The van der Waals surface area contributed by atoms with Crippen LogP contribution in [0.25, 0.3) is 0 Å². The van der Waals surface area contributed by atoms with Crippen molar-refractivity contribution in [2.45, 2.75) is 39.2 Å². The van der Waals surface area contributed by atoms with Crippen molar-refractivity contribution in [3.63, 3.8) is 0 Å². The molecule has 3 nitrogen and oxygen atoms in total. The number of rotatable bonds is 7. The van der Waals surface area contributed by atoms with Crippen molar-refractivity contribution in [2.75, 3.05) is 6.54 Å². The second kappa shape index (κ2) is 6.87. The molecule has 0 aromatic carbocycles. The van der Waals surface area contributed by atoms with E-state index in [4.69, 9.17) is 0 Å². The zero-order valence-corrected chi connectivity index (χ0v) is 12.8. The SMILES string of the molecule is CCCNC(Cc1ccc(CC)s1)c1cnn(C)c1. The first-order valence-corrected chi connectivity index (χ1v) is 7.84. The Labute approximate surface area is 119 Å². The molecule has 0 fully saturated rings. The Balaban J connectivity index is 2.09. The molecule has 0 spiro atoms. The van der Waals surface area contributed by atoms with Crippen molar-refractivity contribution in [1.29, 1.82) is 0 Å². The second-order valence-corrected chi connectivity index (χ2v) is 6.13. The number of nitrogens with one attached hydrogen (secondary N) is 1. The molecule has 0 amide bonds. The van der Waals surface area contributed by atoms with Crippen molar-refractivity contribution in [1.82, 2.24) is 15.1 Å². The van der Waals surface area contributed by atoms with Gasteiger partial charge in [-0.15, -0.1) is 11.3 Å². The molecule has 1 N–H and O–H groups in total. The zero-order valence-electron chi connectivity index (χ0n) is 12.0. The second-order valence-electron chi connectivity index (χ2n) is 4.88. The summed E-state index contributed by atoms with van der Waals surface area (Å²) in [6, 6.07) is 4.89. The summed E-state index contributed by atoms with van der Waals surface area (Å²) in [5.41, 5.74) is 1.28. The fraction of sp³-hybridized carbons (Fsp3) is 0.533. The van der Waals surface area contributed by atoms with Crippen LogP contribution >= 0.6 is 11.3 Å². The molecule has 0 saturated carbocycles. The van der Waals surface area contributed by atoms with E-state index in [2.05, 4.69) is 42.6 Å². The van der Waals surface area contributed by atoms with Crippen molar-refractivity contribution < 1.29 is 0 Å². The van der Waals surface area contributed by atoms with Crippen LogP contribution in [0.2, 0.25) is 0 Å². The van der Waals surface area contributed by atoms with E-state index in [1.165, 1.54) is 15.3 Å². The molecule has 1 unspecified atom stereocenters. The quantitative estimate of drug-likeness (QED) is 0.841. The molecule has 2 aromatic rings. The zero-order chi connectivity index (χ0) is 13.7. The van der Waals surface area contributed by atoms with Crippen molar-refractivity contribution in [3.8, 4) is 0 Å². The highest BCUT2D eigenvalue weighted by Gasteiger charge is 2.14. The fourth-order valence-electron chi connectivity index (χ4n) is 2.17. The van der Waals surface area contributed by atoms with E-state index < -0.39 is 0 Å². The summed E-state index contributed by atoms with van der Waals surface area (Å²) in [6.07, 6.45) is 7.42. The van der Waals surface area contributed by atoms with E-state index >= 15 is 0 Å². The van der Waals surface area contributed by atoms with Crippen LogP contribution in [0.3, 0.4) is 0 Å². The summed E-state index contributed by atoms with van der Waals surface area (Å²) in [5.74, 6) is 0. The highest BCUT2D eigenvalue weighted by atomic mass is 32.1. The van der Waals surface area contributed by atoms with E-state index in [0.29, 0.717) is 6.04 Å². The minimum Gasteiger partial charge on any atom is -0.310 e. The first kappa shape index (κ1) is 14.3. The first-order chi connectivity index (χ1) is 9.22. The summed E-state index contributed by atoms with van der Waals surface area (Å²) < 4.78 is 1.88. The smallest absolute Gasteiger partial charge is 0.0537 e. The molecule has 19 heavy (non-hydrogen) atoms. The van der Waals surface area contributed by atoms with Gasteiger partial charge in [0.05, 0.1) is 6.20 Å². The average molecular weight is 277 g/mol. The molecule has 0 aliphatic carbocycles. The van der Waals surface area contributed by atoms with Gasteiger partial charge in [0.25, 0.3) is 0 Å². The molecule has 2 aromatic heterocycles. The Hall–Kier alpha value is -1.13. The molecule has 0 radical (unpaired) electrons. The van der Waals surface area contributed by atoms with E-state index in [1.54, 1.807) is 0 Å². The van der Waals surface area contributed by atoms with Crippen LogP contribution in [0, 0.1) is 0 Å². The average Bonchev–Trinajstić information content (AvgIpc) is 3.03. The van der Waals surface area contributed by atoms with Crippen LogP contribution in [0.4, 0.5) is 0 Å². The minimum absolute atomic E-state index is 0.372. The lowest BCUT2D eigenvalue weighted by molar-refractivity contribution is 0.532. The van der Waals surface area contributed by atoms with Crippen LogP contribution in [-0.4, -0.2) is 16.3 Å². The number of aromatic nitrogens is 2. The highest BCUT2D eigenvalue weighted by molar-refractivity contribution is 7.11. The number of hydrogen-bond donors (Lipinski definition) is 1. The monoisotopic (exact) mass is 277 g/mol. The fourth-order valence-corrected chi connectivity index (χ4v) is 3.17. The normalized spacial score (nSPS) is 12.8. The molecular weight excluding hydrogens is 254 g/mol. The van der Waals surface area contributed by atoms with E-state index in [9.17, 15) is 0 Å². The molecule has 0 saturated heterocycles. The Morgan fingerprint density at radius 1 is 1.32 bits per heavy atom. The Kier molecular flexibility index (Phi) is 5.16. The predicted molar refractivity (Wildman–Crippen MR) is 81.6 cm³/mol. The van der Waals surface area contributed by atoms with Gasteiger partial charge < -0.3 is 5.32 Å². The topological polar surface area (TPSA) is 29.9 Å². The summed E-state index contributed by atoms with van der Waals surface area (Å²) >= 11 is 1.93. The Morgan fingerprint density at radius 3 is 2.68 bits per heavy atom. The lowest BCUT2D eigenvalue weighted by Crippen LogP contribution is -2.23. The third kappa shape index (κ3) is 3.91. The number of thiophene rings is 1. The van der Waals surface area contributed by atoms with Crippen LogP contribution in [0.5, 0.6) is 0 Å². The lowest BCUT2D eigenvalue weighted by atomic mass is 10.1. The van der Waals surface area contributed by atoms with Crippen LogP contribution in [0.15, 0.2) is 24.5 Å². The maximum atomic E-state index is 4.29. The van der Waals surface area contributed by atoms with Crippen LogP contribution < -0.4 is 5.32 Å². The molecule has 0 bridgehead atoms. The third-order valence-electron chi connectivity index (χ3n) is 3.24. The van der Waals surface area contributed by atoms with Gasteiger partial charge in [-0.2, -0.15) is 5.10 Å². The molecule has 2 rings (SSSR count). The third-order valence-corrected chi connectivity index (χ3v) is 4.49. The van der Waals surface area contributed by atoms with Gasteiger partial charge in [0, 0.05) is 41.0 Å². The van der Waals surface area contributed by atoms with Gasteiger partial charge in [0.1, 0.15) is 0 Å². The van der Waals surface area contributed by atoms with Crippen molar-refractivity contribution in [3.05, 3.63) is 39.8 Å². The minimum atomic E-state index is 0.372. The Morgan fingerprint density at radius 2 is 2.11 bits per heavy atom. The van der Waals surface area contributed by atoms with Gasteiger partial charge in [-0.25, -0.2) is 0 Å².